The van der Waals surface area contributed by atoms with Crippen molar-refractivity contribution in [1.82, 2.24) is 0 Å². The number of anilines is 2. The number of hydrogen-bond acceptors (Lipinski definition) is 7. The van der Waals surface area contributed by atoms with Crippen LogP contribution in [0.5, 0.6) is 11.5 Å². The molecule has 2 aromatic rings. The van der Waals surface area contributed by atoms with Gasteiger partial charge in [0.15, 0.2) is 6.61 Å². The molecule has 2 N–H and O–H groups in total. The van der Waals surface area contributed by atoms with Gasteiger partial charge in [-0.3, -0.25) is 10.1 Å². The van der Waals surface area contributed by atoms with Crippen molar-refractivity contribution in [2.24, 2.45) is 0 Å². The van der Waals surface area contributed by atoms with Gasteiger partial charge in [0, 0.05) is 11.8 Å². The first kappa shape index (κ1) is 21.5. The average Bonchev–Trinajstić information content (AvgIpc) is 2.72. The molecule has 2 amide bonds. The number of ether oxygens (including phenoxy) is 4. The van der Waals surface area contributed by atoms with Crippen molar-refractivity contribution < 1.29 is 33.3 Å². The first-order valence-corrected chi connectivity index (χ1v) is 8.69. The minimum atomic E-state index is -0.714. The van der Waals surface area contributed by atoms with Gasteiger partial charge in [0.2, 0.25) is 0 Å². The molecule has 0 spiro atoms. The van der Waals surface area contributed by atoms with Gasteiger partial charge in [-0.15, -0.1) is 0 Å². The number of benzene rings is 2. The second-order valence-corrected chi connectivity index (χ2v) is 5.62. The second kappa shape index (κ2) is 10.5. The Bertz CT molecular complexity index is 883. The maximum absolute atomic E-state index is 12.2. The standard InChI is InChI=1S/C20H22N2O7/c1-4-28-20(25)21-14-7-5-6-13(10-14)19(24)29-12-18(23)22-16-9-8-15(26-2)11-17(16)27-3/h5-11H,4,12H2,1-3H3,(H,21,25)(H,22,23). The Morgan fingerprint density at radius 1 is 0.931 bits per heavy atom. The molecular formula is C20H22N2O7. The van der Waals surface area contributed by atoms with Crippen molar-refractivity contribution in [3.8, 4) is 11.5 Å². The maximum Gasteiger partial charge on any atom is 0.411 e. The van der Waals surface area contributed by atoms with Crippen LogP contribution in [-0.4, -0.2) is 45.4 Å². The highest BCUT2D eigenvalue weighted by atomic mass is 16.5. The molecule has 0 aliphatic rings. The van der Waals surface area contributed by atoms with Crippen LogP contribution in [0.1, 0.15) is 17.3 Å². The number of methoxy groups -OCH3 is 2. The van der Waals surface area contributed by atoms with E-state index in [1.807, 2.05) is 0 Å². The van der Waals surface area contributed by atoms with E-state index in [2.05, 4.69) is 10.6 Å². The summed E-state index contributed by atoms with van der Waals surface area (Å²) in [5.41, 5.74) is 0.953. The summed E-state index contributed by atoms with van der Waals surface area (Å²) in [6.07, 6.45) is -0.633. The molecule has 0 radical (unpaired) electrons. The van der Waals surface area contributed by atoms with Gasteiger partial charge in [-0.1, -0.05) is 6.07 Å². The Balaban J connectivity index is 1.93. The average molecular weight is 402 g/mol. The van der Waals surface area contributed by atoms with Gasteiger partial charge < -0.3 is 24.3 Å². The minimum absolute atomic E-state index is 0.175. The van der Waals surface area contributed by atoms with Crippen LogP contribution in [0.4, 0.5) is 16.2 Å². The van der Waals surface area contributed by atoms with E-state index in [9.17, 15) is 14.4 Å². The molecule has 0 bridgehead atoms. The van der Waals surface area contributed by atoms with Gasteiger partial charge in [-0.25, -0.2) is 9.59 Å². The van der Waals surface area contributed by atoms with E-state index in [0.29, 0.717) is 22.9 Å². The fourth-order valence-corrected chi connectivity index (χ4v) is 2.31. The monoisotopic (exact) mass is 402 g/mol. The van der Waals surface area contributed by atoms with E-state index in [4.69, 9.17) is 18.9 Å². The van der Waals surface area contributed by atoms with Crippen LogP contribution in [0.15, 0.2) is 42.5 Å². The lowest BCUT2D eigenvalue weighted by Gasteiger charge is -2.12. The van der Waals surface area contributed by atoms with Crippen LogP contribution in [0.3, 0.4) is 0 Å². The molecule has 0 saturated heterocycles. The normalized spacial score (nSPS) is 9.90. The predicted molar refractivity (Wildman–Crippen MR) is 106 cm³/mol. The van der Waals surface area contributed by atoms with E-state index in [1.54, 1.807) is 37.3 Å². The van der Waals surface area contributed by atoms with Gasteiger partial charge in [-0.2, -0.15) is 0 Å². The Labute approximate surface area is 167 Å². The largest absolute Gasteiger partial charge is 0.497 e. The summed E-state index contributed by atoms with van der Waals surface area (Å²) in [6.45, 7) is 1.41. The summed E-state index contributed by atoms with van der Waals surface area (Å²) in [7, 11) is 2.98. The van der Waals surface area contributed by atoms with Crippen molar-refractivity contribution in [2.45, 2.75) is 6.92 Å². The number of esters is 1. The third-order valence-electron chi connectivity index (χ3n) is 3.64. The molecule has 2 rings (SSSR count). The van der Waals surface area contributed by atoms with Crippen LogP contribution >= 0.6 is 0 Å². The lowest BCUT2D eigenvalue weighted by atomic mass is 10.2. The maximum atomic E-state index is 12.2. The predicted octanol–water partition coefficient (Wildman–Crippen LogP) is 3.07. The number of hydrogen-bond donors (Lipinski definition) is 2. The van der Waals surface area contributed by atoms with Crippen molar-refractivity contribution in [2.75, 3.05) is 38.1 Å². The highest BCUT2D eigenvalue weighted by Crippen LogP contribution is 2.28. The van der Waals surface area contributed by atoms with Crippen molar-refractivity contribution in [3.05, 3.63) is 48.0 Å². The molecule has 0 heterocycles. The molecule has 0 unspecified atom stereocenters. The van der Waals surface area contributed by atoms with Gasteiger partial charge in [0.1, 0.15) is 11.5 Å². The van der Waals surface area contributed by atoms with Gasteiger partial charge in [0.05, 0.1) is 32.1 Å². The van der Waals surface area contributed by atoms with Crippen LogP contribution in [-0.2, 0) is 14.3 Å². The zero-order valence-electron chi connectivity index (χ0n) is 16.3. The highest BCUT2D eigenvalue weighted by molar-refractivity contribution is 5.97. The molecule has 2 aromatic carbocycles. The lowest BCUT2D eigenvalue weighted by Crippen LogP contribution is -2.21. The van der Waals surface area contributed by atoms with Gasteiger partial charge in [-0.05, 0) is 37.3 Å². The summed E-state index contributed by atoms with van der Waals surface area (Å²) < 4.78 is 20.1. The van der Waals surface area contributed by atoms with Gasteiger partial charge in [0.25, 0.3) is 5.91 Å². The zero-order chi connectivity index (χ0) is 21.2. The van der Waals surface area contributed by atoms with E-state index in [1.165, 1.54) is 26.4 Å². The molecule has 154 valence electrons. The Kier molecular flexibility index (Phi) is 7.84. The van der Waals surface area contributed by atoms with Crippen LogP contribution in [0.25, 0.3) is 0 Å². The molecule has 0 fully saturated rings. The second-order valence-electron chi connectivity index (χ2n) is 5.62. The number of carbonyl (C=O) groups excluding carboxylic acids is 3. The number of rotatable bonds is 8. The van der Waals surface area contributed by atoms with Crippen LogP contribution in [0.2, 0.25) is 0 Å². The summed E-state index contributed by atoms with van der Waals surface area (Å²) in [4.78, 5) is 35.7. The summed E-state index contributed by atoms with van der Waals surface area (Å²) in [5.74, 6) is -0.277. The fourth-order valence-electron chi connectivity index (χ4n) is 2.31. The van der Waals surface area contributed by atoms with Crippen LogP contribution < -0.4 is 20.1 Å². The highest BCUT2D eigenvalue weighted by Gasteiger charge is 2.14. The van der Waals surface area contributed by atoms with E-state index in [-0.39, 0.29) is 12.2 Å². The molecular weight excluding hydrogens is 380 g/mol. The molecule has 29 heavy (non-hydrogen) atoms. The molecule has 9 heteroatoms. The number of carbonyl (C=O) groups is 3. The fraction of sp³-hybridized carbons (Fsp3) is 0.250. The molecule has 0 aliphatic heterocycles. The lowest BCUT2D eigenvalue weighted by molar-refractivity contribution is -0.119. The Morgan fingerprint density at radius 3 is 2.41 bits per heavy atom. The number of nitrogens with one attached hydrogen (secondary N) is 2. The molecule has 9 nitrogen and oxygen atoms in total. The van der Waals surface area contributed by atoms with Crippen molar-refractivity contribution in [3.63, 3.8) is 0 Å². The Hall–Kier alpha value is -3.75. The molecule has 0 aromatic heterocycles. The third-order valence-corrected chi connectivity index (χ3v) is 3.64. The summed E-state index contributed by atoms with van der Waals surface area (Å²) >= 11 is 0. The molecule has 0 saturated carbocycles. The minimum Gasteiger partial charge on any atom is -0.497 e. The molecule has 0 aliphatic carbocycles. The Morgan fingerprint density at radius 2 is 1.72 bits per heavy atom. The molecule has 0 atom stereocenters. The smallest absolute Gasteiger partial charge is 0.411 e. The topological polar surface area (TPSA) is 112 Å². The van der Waals surface area contributed by atoms with E-state index in [0.717, 1.165) is 0 Å². The SMILES string of the molecule is CCOC(=O)Nc1cccc(C(=O)OCC(=O)Nc2ccc(OC)cc2OC)c1. The van der Waals surface area contributed by atoms with Crippen molar-refractivity contribution >= 4 is 29.3 Å². The quantitative estimate of drug-likeness (QED) is 0.653. The van der Waals surface area contributed by atoms with Crippen molar-refractivity contribution in [1.29, 1.82) is 0 Å². The first-order valence-electron chi connectivity index (χ1n) is 8.69. The van der Waals surface area contributed by atoms with E-state index >= 15 is 0 Å². The third kappa shape index (κ3) is 6.42. The van der Waals surface area contributed by atoms with Crippen LogP contribution in [0, 0.1) is 0 Å². The first-order chi connectivity index (χ1) is 14.0. The zero-order valence-corrected chi connectivity index (χ0v) is 16.3. The van der Waals surface area contributed by atoms with E-state index < -0.39 is 24.6 Å². The summed E-state index contributed by atoms with van der Waals surface area (Å²) in [5, 5.41) is 5.09. The van der Waals surface area contributed by atoms with Gasteiger partial charge >= 0.3 is 12.1 Å². The number of amides is 2. The summed E-state index contributed by atoms with van der Waals surface area (Å²) in [6, 6.07) is 11.0.